The van der Waals surface area contributed by atoms with Gasteiger partial charge in [-0.1, -0.05) is 50.3 Å². The Hall–Kier alpha value is -2.96. The van der Waals surface area contributed by atoms with Crippen molar-refractivity contribution < 1.29 is 4.79 Å². The second kappa shape index (κ2) is 9.04. The van der Waals surface area contributed by atoms with E-state index in [1.807, 2.05) is 44.2 Å². The first kappa shape index (κ1) is 21.3. The number of para-hydroxylation sites is 1. The number of carbonyl (C=O) groups is 1. The molecule has 31 heavy (non-hydrogen) atoms. The number of hydrogen-bond donors (Lipinski definition) is 1. The Balaban J connectivity index is 1.66. The van der Waals surface area contributed by atoms with Crippen molar-refractivity contribution in [2.75, 3.05) is 0 Å². The van der Waals surface area contributed by atoms with E-state index in [0.29, 0.717) is 16.6 Å². The molecule has 2 heterocycles. The van der Waals surface area contributed by atoms with Gasteiger partial charge in [0.15, 0.2) is 0 Å². The molecule has 2 aromatic heterocycles. The summed E-state index contributed by atoms with van der Waals surface area (Å²) in [5.41, 5.74) is 2.57. The summed E-state index contributed by atoms with van der Waals surface area (Å²) in [6.45, 7) is 5.46. The Morgan fingerprint density at radius 1 is 1.03 bits per heavy atom. The number of nitrogens with one attached hydrogen (secondary N) is 1. The van der Waals surface area contributed by atoms with Crippen LogP contribution in [-0.2, 0) is 4.79 Å². The fourth-order valence-corrected chi connectivity index (χ4v) is 4.50. The van der Waals surface area contributed by atoms with Crippen LogP contribution in [0.4, 0.5) is 0 Å². The maximum atomic E-state index is 13.4. The highest BCUT2D eigenvalue weighted by Crippen LogP contribution is 2.21. The summed E-state index contributed by atoms with van der Waals surface area (Å²) in [6.07, 6.45) is 8.02. The minimum absolute atomic E-state index is 0.146. The Morgan fingerprint density at radius 2 is 1.68 bits per heavy atom. The molecular weight excluding hydrogens is 390 g/mol. The second-order valence-electron chi connectivity index (χ2n) is 8.62. The van der Waals surface area contributed by atoms with Gasteiger partial charge in [0.1, 0.15) is 11.6 Å². The minimum atomic E-state index is -0.680. The van der Waals surface area contributed by atoms with Gasteiger partial charge in [-0.15, -0.1) is 0 Å². The van der Waals surface area contributed by atoms with Crippen LogP contribution >= 0.6 is 0 Å². The molecule has 1 amide bonds. The zero-order chi connectivity index (χ0) is 22.0. The number of amides is 1. The predicted molar refractivity (Wildman–Crippen MR) is 122 cm³/mol. The molecule has 3 aromatic rings. The first-order valence-electron chi connectivity index (χ1n) is 11.3. The Bertz CT molecular complexity index is 1120. The van der Waals surface area contributed by atoms with Gasteiger partial charge in [-0.25, -0.2) is 9.36 Å². The van der Waals surface area contributed by atoms with Crippen LogP contribution in [0.2, 0.25) is 0 Å². The maximum absolute atomic E-state index is 13.4. The lowest BCUT2D eigenvalue weighted by Crippen LogP contribution is -2.42. The SMILES string of the molecule is Cc1nn([C@@H](C)C(=O)NC2CCCCCCC2)c(=O)c2c(C)n(-c3ccccc3)nc12. The third-order valence-corrected chi connectivity index (χ3v) is 6.34. The molecule has 1 aliphatic carbocycles. The van der Waals surface area contributed by atoms with Crippen LogP contribution in [0.5, 0.6) is 0 Å². The van der Waals surface area contributed by atoms with Crippen molar-refractivity contribution in [3.8, 4) is 5.69 Å². The van der Waals surface area contributed by atoms with Crippen LogP contribution in [0.1, 0.15) is 69.3 Å². The Kier molecular flexibility index (Phi) is 6.20. The van der Waals surface area contributed by atoms with E-state index in [4.69, 9.17) is 0 Å². The van der Waals surface area contributed by atoms with E-state index in [2.05, 4.69) is 15.5 Å². The number of carbonyl (C=O) groups excluding carboxylic acids is 1. The average Bonchev–Trinajstić information content (AvgIpc) is 3.10. The quantitative estimate of drug-likeness (QED) is 0.691. The monoisotopic (exact) mass is 421 g/mol. The first-order valence-corrected chi connectivity index (χ1v) is 11.3. The molecule has 0 unspecified atom stereocenters. The van der Waals surface area contributed by atoms with Gasteiger partial charge in [0.25, 0.3) is 5.56 Å². The van der Waals surface area contributed by atoms with Gasteiger partial charge in [-0.05, 0) is 45.7 Å². The summed E-state index contributed by atoms with van der Waals surface area (Å²) in [5, 5.41) is 12.8. The molecule has 0 radical (unpaired) electrons. The number of hydrogen-bond acceptors (Lipinski definition) is 4. The molecule has 0 saturated heterocycles. The maximum Gasteiger partial charge on any atom is 0.278 e. The van der Waals surface area contributed by atoms with Gasteiger partial charge in [0.2, 0.25) is 5.91 Å². The number of aryl methyl sites for hydroxylation is 2. The normalized spacial score (nSPS) is 16.6. The molecule has 1 N–H and O–H groups in total. The van der Waals surface area contributed by atoms with E-state index in [9.17, 15) is 9.59 Å². The zero-order valence-corrected chi connectivity index (χ0v) is 18.6. The summed E-state index contributed by atoms with van der Waals surface area (Å²) in [6, 6.07) is 9.21. The predicted octanol–water partition coefficient (Wildman–Crippen LogP) is 3.99. The summed E-state index contributed by atoms with van der Waals surface area (Å²) >= 11 is 0. The largest absolute Gasteiger partial charge is 0.352 e. The lowest BCUT2D eigenvalue weighted by molar-refractivity contribution is -0.125. The van der Waals surface area contributed by atoms with Crippen LogP contribution in [0, 0.1) is 13.8 Å². The van der Waals surface area contributed by atoms with Crippen molar-refractivity contribution in [2.45, 2.75) is 77.8 Å². The van der Waals surface area contributed by atoms with E-state index in [0.717, 1.165) is 37.1 Å². The fraction of sp³-hybridized carbons (Fsp3) is 0.500. The molecule has 7 heteroatoms. The number of fused-ring (bicyclic) bond motifs is 1. The van der Waals surface area contributed by atoms with E-state index in [1.54, 1.807) is 11.6 Å². The van der Waals surface area contributed by atoms with E-state index < -0.39 is 6.04 Å². The van der Waals surface area contributed by atoms with E-state index >= 15 is 0 Å². The van der Waals surface area contributed by atoms with Crippen LogP contribution in [0.15, 0.2) is 35.1 Å². The van der Waals surface area contributed by atoms with Gasteiger partial charge in [-0.2, -0.15) is 10.2 Å². The molecule has 7 nitrogen and oxygen atoms in total. The number of rotatable bonds is 4. The molecule has 0 spiro atoms. The summed E-state index contributed by atoms with van der Waals surface area (Å²) in [4.78, 5) is 26.3. The van der Waals surface area contributed by atoms with Crippen molar-refractivity contribution in [3.63, 3.8) is 0 Å². The summed E-state index contributed by atoms with van der Waals surface area (Å²) in [7, 11) is 0. The Labute approximate surface area is 182 Å². The van der Waals surface area contributed by atoms with Crippen molar-refractivity contribution in [1.29, 1.82) is 0 Å². The summed E-state index contributed by atoms with van der Waals surface area (Å²) < 4.78 is 3.09. The molecule has 1 atom stereocenters. The molecule has 1 fully saturated rings. The van der Waals surface area contributed by atoms with Crippen LogP contribution in [0.3, 0.4) is 0 Å². The smallest absolute Gasteiger partial charge is 0.278 e. The molecule has 1 aliphatic rings. The van der Waals surface area contributed by atoms with Gasteiger partial charge in [0.05, 0.1) is 22.5 Å². The topological polar surface area (TPSA) is 81.8 Å². The number of aromatic nitrogens is 4. The molecular formula is C24H31N5O2. The van der Waals surface area contributed by atoms with Crippen molar-refractivity contribution >= 4 is 16.8 Å². The van der Waals surface area contributed by atoms with Gasteiger partial charge in [-0.3, -0.25) is 9.59 Å². The number of benzene rings is 1. The van der Waals surface area contributed by atoms with Crippen molar-refractivity contribution in [1.82, 2.24) is 24.9 Å². The molecule has 164 valence electrons. The fourth-order valence-electron chi connectivity index (χ4n) is 4.50. The van der Waals surface area contributed by atoms with Gasteiger partial charge in [0, 0.05) is 6.04 Å². The molecule has 1 saturated carbocycles. The zero-order valence-electron chi connectivity index (χ0n) is 18.6. The third kappa shape index (κ3) is 4.27. The third-order valence-electron chi connectivity index (χ3n) is 6.34. The molecule has 0 bridgehead atoms. The van der Waals surface area contributed by atoms with Crippen molar-refractivity contribution in [3.05, 3.63) is 52.1 Å². The summed E-state index contributed by atoms with van der Waals surface area (Å²) in [5.74, 6) is -0.146. The van der Waals surface area contributed by atoms with Crippen LogP contribution < -0.4 is 10.9 Å². The van der Waals surface area contributed by atoms with Crippen molar-refractivity contribution in [2.24, 2.45) is 0 Å². The van der Waals surface area contributed by atoms with Crippen LogP contribution in [-0.4, -0.2) is 31.5 Å². The highest BCUT2D eigenvalue weighted by Gasteiger charge is 2.25. The first-order chi connectivity index (χ1) is 15.0. The molecule has 1 aromatic carbocycles. The average molecular weight is 422 g/mol. The highest BCUT2D eigenvalue weighted by molar-refractivity contribution is 5.84. The Morgan fingerprint density at radius 3 is 2.35 bits per heavy atom. The lowest BCUT2D eigenvalue weighted by atomic mass is 9.96. The minimum Gasteiger partial charge on any atom is -0.352 e. The van der Waals surface area contributed by atoms with Crippen LogP contribution in [0.25, 0.3) is 16.6 Å². The van der Waals surface area contributed by atoms with E-state index in [-0.39, 0.29) is 17.5 Å². The van der Waals surface area contributed by atoms with E-state index in [1.165, 1.54) is 23.9 Å². The van der Waals surface area contributed by atoms with Gasteiger partial charge >= 0.3 is 0 Å². The van der Waals surface area contributed by atoms with Gasteiger partial charge < -0.3 is 5.32 Å². The standard InChI is InChI=1S/C24H31N5O2/c1-16-22-21(17(2)28(27-22)20-14-10-7-11-15-20)24(31)29(26-16)18(3)23(30)25-19-12-8-5-4-6-9-13-19/h7,10-11,14-15,18-19H,4-6,8-9,12-13H2,1-3H3,(H,25,30)/t18-/m0/s1. The lowest BCUT2D eigenvalue weighted by Gasteiger charge is -2.23. The molecule has 4 rings (SSSR count). The second-order valence-corrected chi connectivity index (χ2v) is 8.62. The number of nitrogens with zero attached hydrogens (tertiary/aromatic N) is 4. The molecule has 0 aliphatic heterocycles. The highest BCUT2D eigenvalue weighted by atomic mass is 16.2.